The van der Waals surface area contributed by atoms with Crippen LogP contribution in [0.5, 0.6) is 5.75 Å². The van der Waals surface area contributed by atoms with Crippen LogP contribution in [0.2, 0.25) is 0 Å². The number of nitrogens with zero attached hydrogens (tertiary/aromatic N) is 1. The van der Waals surface area contributed by atoms with E-state index in [9.17, 15) is 5.11 Å². The lowest BCUT2D eigenvalue weighted by Gasteiger charge is -2.45. The zero-order valence-electron chi connectivity index (χ0n) is 13.5. The topological polar surface area (TPSA) is 35.5 Å². The lowest BCUT2D eigenvalue weighted by molar-refractivity contribution is 0.0689. The normalized spacial score (nSPS) is 27.8. The Kier molecular flexibility index (Phi) is 3.98. The van der Waals surface area contributed by atoms with Gasteiger partial charge in [-0.25, -0.2) is 0 Å². The van der Waals surface area contributed by atoms with Crippen LogP contribution in [0.3, 0.4) is 0 Å². The minimum Gasteiger partial charge on any atom is -0.508 e. The van der Waals surface area contributed by atoms with Gasteiger partial charge in [0.05, 0.1) is 0 Å². The van der Waals surface area contributed by atoms with Gasteiger partial charge < -0.3 is 10.4 Å². The number of rotatable bonds is 3. The summed E-state index contributed by atoms with van der Waals surface area (Å²) in [7, 11) is 0. The third-order valence-electron chi connectivity index (χ3n) is 4.99. The molecular weight excluding hydrogens is 260 g/mol. The highest BCUT2D eigenvalue weighted by molar-refractivity contribution is 5.26. The molecule has 1 heterocycles. The molecule has 2 atom stereocenters. The summed E-state index contributed by atoms with van der Waals surface area (Å²) in [6, 6.07) is 8.92. The smallest absolute Gasteiger partial charge is 0.115 e. The average molecular weight is 288 g/mol. The highest BCUT2D eigenvalue weighted by Gasteiger charge is 2.40. The van der Waals surface area contributed by atoms with Gasteiger partial charge in [0.2, 0.25) is 0 Å². The van der Waals surface area contributed by atoms with Gasteiger partial charge in [-0.3, -0.25) is 4.90 Å². The first-order valence-corrected chi connectivity index (χ1v) is 8.19. The van der Waals surface area contributed by atoms with Gasteiger partial charge in [0, 0.05) is 31.7 Å². The van der Waals surface area contributed by atoms with E-state index in [1.807, 2.05) is 12.1 Å². The maximum Gasteiger partial charge on any atom is 0.115 e. The van der Waals surface area contributed by atoms with Crippen LogP contribution < -0.4 is 5.32 Å². The Labute approximate surface area is 128 Å². The quantitative estimate of drug-likeness (QED) is 0.897. The van der Waals surface area contributed by atoms with Crippen molar-refractivity contribution in [3.63, 3.8) is 0 Å². The lowest BCUT2D eigenvalue weighted by atomic mass is 9.84. The van der Waals surface area contributed by atoms with E-state index in [-0.39, 0.29) is 0 Å². The van der Waals surface area contributed by atoms with Gasteiger partial charge in [-0.05, 0) is 41.9 Å². The van der Waals surface area contributed by atoms with E-state index in [2.05, 4.69) is 31.0 Å². The molecular formula is C18H28N2O. The van der Waals surface area contributed by atoms with E-state index in [0.717, 1.165) is 25.6 Å². The predicted molar refractivity (Wildman–Crippen MR) is 86.3 cm³/mol. The van der Waals surface area contributed by atoms with E-state index in [0.29, 0.717) is 23.2 Å². The molecule has 2 N–H and O–H groups in total. The van der Waals surface area contributed by atoms with Crippen molar-refractivity contribution in [2.24, 2.45) is 11.3 Å². The van der Waals surface area contributed by atoms with Gasteiger partial charge in [-0.15, -0.1) is 0 Å². The van der Waals surface area contributed by atoms with E-state index in [1.165, 1.54) is 18.4 Å². The highest BCUT2D eigenvalue weighted by atomic mass is 16.3. The number of aromatic hydroxyl groups is 1. The Morgan fingerprint density at radius 3 is 2.43 bits per heavy atom. The summed E-state index contributed by atoms with van der Waals surface area (Å²) in [5.41, 5.74) is 1.59. The van der Waals surface area contributed by atoms with Crippen molar-refractivity contribution in [2.75, 3.05) is 13.1 Å². The molecule has 0 radical (unpaired) electrons. The summed E-state index contributed by atoms with van der Waals surface area (Å²) in [5, 5.41) is 13.2. The second kappa shape index (κ2) is 5.62. The molecule has 1 saturated heterocycles. The van der Waals surface area contributed by atoms with E-state index < -0.39 is 0 Å². The molecule has 0 bridgehead atoms. The number of hydrogen-bond donors (Lipinski definition) is 2. The van der Waals surface area contributed by atoms with Crippen LogP contribution in [0.1, 0.15) is 39.2 Å². The molecule has 1 aromatic rings. The molecule has 2 aliphatic rings. The molecule has 0 spiro atoms. The van der Waals surface area contributed by atoms with Gasteiger partial charge in [0.25, 0.3) is 0 Å². The van der Waals surface area contributed by atoms with Crippen LogP contribution in [0.15, 0.2) is 24.3 Å². The van der Waals surface area contributed by atoms with Gasteiger partial charge in [0.1, 0.15) is 5.75 Å². The van der Waals surface area contributed by atoms with Crippen LogP contribution in [-0.4, -0.2) is 35.2 Å². The molecule has 3 rings (SSSR count). The molecule has 2 unspecified atom stereocenters. The summed E-state index contributed by atoms with van der Waals surface area (Å²) in [6.07, 6.45) is 2.78. The first-order valence-electron chi connectivity index (χ1n) is 8.19. The maximum absolute atomic E-state index is 9.44. The molecule has 21 heavy (non-hydrogen) atoms. The van der Waals surface area contributed by atoms with Crippen molar-refractivity contribution in [3.8, 4) is 5.75 Å². The summed E-state index contributed by atoms with van der Waals surface area (Å²) in [4.78, 5) is 2.66. The monoisotopic (exact) mass is 288 g/mol. The van der Waals surface area contributed by atoms with Gasteiger partial charge in [0.15, 0.2) is 0 Å². The number of phenols is 1. The van der Waals surface area contributed by atoms with Gasteiger partial charge in [-0.1, -0.05) is 32.9 Å². The summed E-state index contributed by atoms with van der Waals surface area (Å²) in [6.45, 7) is 10.2. The Bertz CT molecular complexity index is 473. The Morgan fingerprint density at radius 1 is 1.19 bits per heavy atom. The van der Waals surface area contributed by atoms with Crippen molar-refractivity contribution in [3.05, 3.63) is 29.8 Å². The fraction of sp³-hybridized carbons (Fsp3) is 0.667. The largest absolute Gasteiger partial charge is 0.508 e. The highest BCUT2D eigenvalue weighted by Crippen LogP contribution is 2.38. The third-order valence-corrected chi connectivity index (χ3v) is 4.99. The van der Waals surface area contributed by atoms with Gasteiger partial charge in [-0.2, -0.15) is 0 Å². The minimum absolute atomic E-state index is 0.293. The summed E-state index contributed by atoms with van der Waals surface area (Å²) >= 11 is 0. The molecule has 0 aromatic heterocycles. The number of nitrogens with one attached hydrogen (secondary N) is 1. The number of piperazine rings is 1. The first kappa shape index (κ1) is 14.9. The first-order chi connectivity index (χ1) is 9.93. The van der Waals surface area contributed by atoms with Gasteiger partial charge >= 0.3 is 0 Å². The van der Waals surface area contributed by atoms with Crippen LogP contribution in [0.25, 0.3) is 0 Å². The molecule has 3 heteroatoms. The molecule has 1 saturated carbocycles. The van der Waals surface area contributed by atoms with Crippen LogP contribution >= 0.6 is 0 Å². The molecule has 1 aliphatic heterocycles. The van der Waals surface area contributed by atoms with E-state index >= 15 is 0 Å². The zero-order chi connectivity index (χ0) is 15.0. The van der Waals surface area contributed by atoms with E-state index in [4.69, 9.17) is 0 Å². The van der Waals surface area contributed by atoms with Crippen LogP contribution in [0.4, 0.5) is 0 Å². The number of hydrogen-bond acceptors (Lipinski definition) is 3. The van der Waals surface area contributed by atoms with Crippen LogP contribution in [-0.2, 0) is 6.54 Å². The zero-order valence-corrected chi connectivity index (χ0v) is 13.5. The Morgan fingerprint density at radius 2 is 1.86 bits per heavy atom. The molecule has 0 amide bonds. The molecule has 3 nitrogen and oxygen atoms in total. The minimum atomic E-state index is 0.293. The van der Waals surface area contributed by atoms with Crippen molar-refractivity contribution < 1.29 is 5.11 Å². The lowest BCUT2D eigenvalue weighted by Crippen LogP contribution is -2.60. The Balaban J connectivity index is 1.72. The molecule has 116 valence electrons. The number of benzene rings is 1. The summed E-state index contributed by atoms with van der Waals surface area (Å²) < 4.78 is 0. The van der Waals surface area contributed by atoms with Crippen LogP contribution in [0, 0.1) is 11.3 Å². The standard InChI is InChI=1S/C18H28N2O/c1-18(2,3)17-12-20(16(10-19-17)14-6-7-14)11-13-4-8-15(21)9-5-13/h4-5,8-9,14,16-17,19,21H,6-7,10-12H2,1-3H3. The number of phenolic OH excluding ortho intramolecular Hbond substituents is 1. The van der Waals surface area contributed by atoms with Crippen molar-refractivity contribution in [2.45, 2.75) is 52.2 Å². The Hall–Kier alpha value is -1.06. The second-order valence-corrected chi connectivity index (χ2v) is 7.83. The fourth-order valence-corrected chi connectivity index (χ4v) is 3.37. The summed E-state index contributed by atoms with van der Waals surface area (Å²) in [5.74, 6) is 1.24. The second-order valence-electron chi connectivity index (χ2n) is 7.83. The molecule has 2 fully saturated rings. The molecule has 1 aromatic carbocycles. The third kappa shape index (κ3) is 3.58. The predicted octanol–water partition coefficient (Wildman–Crippen LogP) is 2.99. The van der Waals surface area contributed by atoms with Crippen molar-refractivity contribution in [1.82, 2.24) is 10.2 Å². The average Bonchev–Trinajstić information content (AvgIpc) is 3.25. The van der Waals surface area contributed by atoms with E-state index in [1.54, 1.807) is 12.1 Å². The fourth-order valence-electron chi connectivity index (χ4n) is 3.37. The molecule has 1 aliphatic carbocycles. The maximum atomic E-state index is 9.44. The van der Waals surface area contributed by atoms with Crippen molar-refractivity contribution in [1.29, 1.82) is 0 Å². The van der Waals surface area contributed by atoms with Crippen molar-refractivity contribution >= 4 is 0 Å². The SMILES string of the molecule is CC(C)(C)C1CN(Cc2ccc(O)cc2)C(C2CC2)CN1.